The van der Waals surface area contributed by atoms with E-state index in [1.54, 1.807) is 19.5 Å². The van der Waals surface area contributed by atoms with Crippen LogP contribution in [0.5, 0.6) is 5.75 Å². The Morgan fingerprint density at radius 2 is 2.16 bits per heavy atom. The van der Waals surface area contributed by atoms with E-state index in [1.165, 1.54) is 0 Å². The highest BCUT2D eigenvalue weighted by molar-refractivity contribution is 5.96. The van der Waals surface area contributed by atoms with E-state index in [-0.39, 0.29) is 0 Å². The molecule has 4 heteroatoms. The van der Waals surface area contributed by atoms with Gasteiger partial charge in [0.1, 0.15) is 11.8 Å². The molecule has 2 heterocycles. The molecule has 0 saturated carbocycles. The molecule has 0 fully saturated rings. The lowest BCUT2D eigenvalue weighted by atomic mass is 10.1. The Balaban J connectivity index is 2.35. The maximum Gasteiger partial charge on any atom is 0.142 e. The number of aromatic amines is 1. The minimum Gasteiger partial charge on any atom is -0.495 e. The fourth-order valence-corrected chi connectivity index (χ4v) is 2.20. The number of aromatic nitrogens is 2. The van der Waals surface area contributed by atoms with Gasteiger partial charge in [-0.05, 0) is 18.2 Å². The fraction of sp³-hybridized carbons (Fsp3) is 0.0667. The molecule has 0 radical (unpaired) electrons. The second-order valence-corrected chi connectivity index (χ2v) is 4.11. The molecule has 3 aromatic rings. The van der Waals surface area contributed by atoms with E-state index in [9.17, 15) is 5.26 Å². The van der Waals surface area contributed by atoms with Gasteiger partial charge in [0.15, 0.2) is 0 Å². The summed E-state index contributed by atoms with van der Waals surface area (Å²) in [6.45, 7) is 0. The predicted octanol–water partition coefficient (Wildman–Crippen LogP) is 3.11. The monoisotopic (exact) mass is 249 g/mol. The van der Waals surface area contributed by atoms with Gasteiger partial charge in [-0.1, -0.05) is 12.1 Å². The van der Waals surface area contributed by atoms with Gasteiger partial charge in [0.25, 0.3) is 0 Å². The molecule has 92 valence electrons. The average molecular weight is 249 g/mol. The number of benzene rings is 1. The van der Waals surface area contributed by atoms with E-state index in [2.05, 4.69) is 16.0 Å². The summed E-state index contributed by atoms with van der Waals surface area (Å²) in [5.41, 5.74) is 3.11. The van der Waals surface area contributed by atoms with Crippen LogP contribution in [0.15, 0.2) is 42.7 Å². The van der Waals surface area contributed by atoms with Gasteiger partial charge in [0.2, 0.25) is 0 Å². The van der Waals surface area contributed by atoms with E-state index in [4.69, 9.17) is 4.74 Å². The molecule has 0 amide bonds. The Labute approximate surface area is 110 Å². The van der Waals surface area contributed by atoms with E-state index in [0.717, 1.165) is 27.9 Å². The Kier molecular flexibility index (Phi) is 2.66. The predicted molar refractivity (Wildman–Crippen MR) is 72.8 cm³/mol. The van der Waals surface area contributed by atoms with Crippen LogP contribution in [0.2, 0.25) is 0 Å². The lowest BCUT2D eigenvalue weighted by Crippen LogP contribution is -1.83. The van der Waals surface area contributed by atoms with Crippen LogP contribution < -0.4 is 4.74 Å². The number of nitrogens with one attached hydrogen (secondary N) is 1. The highest BCUT2D eigenvalue weighted by atomic mass is 16.5. The third-order valence-corrected chi connectivity index (χ3v) is 3.08. The van der Waals surface area contributed by atoms with Crippen molar-refractivity contribution in [2.45, 2.75) is 0 Å². The number of hydrogen-bond acceptors (Lipinski definition) is 3. The zero-order valence-electron chi connectivity index (χ0n) is 10.3. The van der Waals surface area contributed by atoms with Crippen LogP contribution in [0.4, 0.5) is 0 Å². The molecule has 2 aromatic heterocycles. The van der Waals surface area contributed by atoms with Gasteiger partial charge in [0.05, 0.1) is 23.9 Å². The lowest BCUT2D eigenvalue weighted by molar-refractivity contribution is 0.419. The first-order chi connectivity index (χ1) is 9.35. The number of para-hydroxylation sites is 1. The molecule has 0 unspecified atom stereocenters. The van der Waals surface area contributed by atoms with Crippen molar-refractivity contribution in [3.8, 4) is 23.1 Å². The van der Waals surface area contributed by atoms with E-state index in [0.29, 0.717) is 5.56 Å². The van der Waals surface area contributed by atoms with E-state index in [1.807, 2.05) is 30.3 Å². The van der Waals surface area contributed by atoms with Gasteiger partial charge < -0.3 is 9.72 Å². The summed E-state index contributed by atoms with van der Waals surface area (Å²) in [6, 6.07) is 11.7. The molecule has 0 saturated heterocycles. The summed E-state index contributed by atoms with van der Waals surface area (Å²) in [6.07, 6.45) is 3.44. The first kappa shape index (κ1) is 11.3. The highest BCUT2D eigenvalue weighted by Gasteiger charge is 2.15. The molecule has 0 bridgehead atoms. The Morgan fingerprint density at radius 1 is 1.26 bits per heavy atom. The SMILES string of the molecule is COc1cccc2c(C#N)c(-c3cccnc3)[nH]c12. The van der Waals surface area contributed by atoms with Gasteiger partial charge in [-0.2, -0.15) is 5.26 Å². The highest BCUT2D eigenvalue weighted by Crippen LogP contribution is 2.33. The molecule has 0 aliphatic rings. The van der Waals surface area contributed by atoms with Crippen molar-refractivity contribution < 1.29 is 4.74 Å². The number of nitrogens with zero attached hydrogens (tertiary/aromatic N) is 2. The maximum atomic E-state index is 9.40. The van der Waals surface area contributed by atoms with E-state index >= 15 is 0 Å². The number of fused-ring (bicyclic) bond motifs is 1. The van der Waals surface area contributed by atoms with Gasteiger partial charge in [-0.15, -0.1) is 0 Å². The standard InChI is InChI=1S/C15H11N3O/c1-19-13-6-2-5-11-12(8-16)14(18-15(11)13)10-4-3-7-17-9-10/h2-7,9,18H,1H3. The Morgan fingerprint density at radius 3 is 2.84 bits per heavy atom. The van der Waals surface area contributed by atoms with Crippen molar-refractivity contribution in [1.29, 1.82) is 5.26 Å². The Hall–Kier alpha value is -2.80. The summed E-state index contributed by atoms with van der Waals surface area (Å²) in [5, 5.41) is 10.3. The van der Waals surface area contributed by atoms with Gasteiger partial charge in [-0.3, -0.25) is 4.98 Å². The van der Waals surface area contributed by atoms with Gasteiger partial charge in [-0.25, -0.2) is 0 Å². The molecule has 0 spiro atoms. The zero-order chi connectivity index (χ0) is 13.2. The molecular formula is C15H11N3O. The molecule has 3 rings (SSSR count). The van der Waals surface area contributed by atoms with Gasteiger partial charge in [0, 0.05) is 23.3 Å². The molecule has 4 nitrogen and oxygen atoms in total. The normalized spacial score (nSPS) is 10.3. The number of pyridine rings is 1. The van der Waals surface area contributed by atoms with Crippen LogP contribution >= 0.6 is 0 Å². The minimum absolute atomic E-state index is 0.613. The first-order valence-corrected chi connectivity index (χ1v) is 5.84. The fourth-order valence-electron chi connectivity index (χ4n) is 2.20. The van der Waals surface area contributed by atoms with Crippen LogP contribution in [-0.2, 0) is 0 Å². The molecule has 0 aliphatic carbocycles. The van der Waals surface area contributed by atoms with Crippen molar-refractivity contribution in [3.63, 3.8) is 0 Å². The quantitative estimate of drug-likeness (QED) is 0.759. The van der Waals surface area contributed by atoms with Crippen LogP contribution in [0.1, 0.15) is 5.56 Å². The Bertz CT molecular complexity index is 769. The van der Waals surface area contributed by atoms with Crippen LogP contribution in [0.3, 0.4) is 0 Å². The summed E-state index contributed by atoms with van der Waals surface area (Å²) < 4.78 is 5.32. The lowest BCUT2D eigenvalue weighted by Gasteiger charge is -1.99. The molecule has 1 N–H and O–H groups in total. The number of ether oxygens (including phenoxy) is 1. The molecule has 1 aromatic carbocycles. The molecule has 19 heavy (non-hydrogen) atoms. The van der Waals surface area contributed by atoms with Crippen molar-refractivity contribution in [2.24, 2.45) is 0 Å². The smallest absolute Gasteiger partial charge is 0.142 e. The number of hydrogen-bond donors (Lipinski definition) is 1. The molecule has 0 atom stereocenters. The second kappa shape index (κ2) is 4.46. The minimum atomic E-state index is 0.613. The number of rotatable bonds is 2. The summed E-state index contributed by atoms with van der Waals surface area (Å²) >= 11 is 0. The molecular weight excluding hydrogens is 238 g/mol. The third-order valence-electron chi connectivity index (χ3n) is 3.08. The summed E-state index contributed by atoms with van der Waals surface area (Å²) in [4.78, 5) is 7.35. The van der Waals surface area contributed by atoms with Crippen molar-refractivity contribution in [1.82, 2.24) is 9.97 Å². The van der Waals surface area contributed by atoms with Gasteiger partial charge >= 0.3 is 0 Å². The van der Waals surface area contributed by atoms with Crippen molar-refractivity contribution in [3.05, 3.63) is 48.3 Å². The second-order valence-electron chi connectivity index (χ2n) is 4.11. The number of nitriles is 1. The first-order valence-electron chi connectivity index (χ1n) is 5.84. The van der Waals surface area contributed by atoms with Crippen molar-refractivity contribution in [2.75, 3.05) is 7.11 Å². The maximum absolute atomic E-state index is 9.40. The largest absolute Gasteiger partial charge is 0.495 e. The third kappa shape index (κ3) is 1.72. The summed E-state index contributed by atoms with van der Waals surface area (Å²) in [5.74, 6) is 0.726. The molecule has 0 aliphatic heterocycles. The van der Waals surface area contributed by atoms with Crippen LogP contribution in [-0.4, -0.2) is 17.1 Å². The average Bonchev–Trinajstić information content (AvgIpc) is 2.86. The zero-order valence-corrected chi connectivity index (χ0v) is 10.3. The van der Waals surface area contributed by atoms with Crippen LogP contribution in [0.25, 0.3) is 22.2 Å². The van der Waals surface area contributed by atoms with E-state index < -0.39 is 0 Å². The number of H-pyrrole nitrogens is 1. The summed E-state index contributed by atoms with van der Waals surface area (Å²) in [7, 11) is 1.62. The topological polar surface area (TPSA) is 61.7 Å². The number of methoxy groups -OCH3 is 1. The van der Waals surface area contributed by atoms with Crippen molar-refractivity contribution >= 4 is 10.9 Å². The van der Waals surface area contributed by atoms with Crippen LogP contribution in [0, 0.1) is 11.3 Å².